The lowest BCUT2D eigenvalue weighted by atomic mass is 10.2. The van der Waals surface area contributed by atoms with Crippen molar-refractivity contribution in [2.45, 2.75) is 0 Å². The third kappa shape index (κ3) is 2.16. The van der Waals surface area contributed by atoms with Crippen molar-refractivity contribution in [1.29, 1.82) is 0 Å². The fourth-order valence-electron chi connectivity index (χ4n) is 1.21. The van der Waals surface area contributed by atoms with Crippen LogP contribution in [0.2, 0.25) is 5.15 Å². The summed E-state index contributed by atoms with van der Waals surface area (Å²) in [5.41, 5.74) is 1.08. The fourth-order valence-corrected chi connectivity index (χ4v) is 1.65. The highest BCUT2D eigenvalue weighted by Gasteiger charge is 2.07. The molecule has 0 spiro atoms. The van der Waals surface area contributed by atoms with E-state index in [0.717, 1.165) is 5.39 Å². The normalized spacial score (nSPS) is 10.5. The number of carbonyl (C=O) groups is 1. The van der Waals surface area contributed by atoms with Crippen LogP contribution in [-0.2, 0) is 0 Å². The minimum Gasteiger partial charge on any atom is -0.291 e. The Hall–Kier alpha value is -1.00. The Morgan fingerprint density at radius 1 is 1.47 bits per heavy atom. The van der Waals surface area contributed by atoms with Crippen molar-refractivity contribution in [2.75, 3.05) is 5.33 Å². The van der Waals surface area contributed by atoms with Crippen LogP contribution in [0.25, 0.3) is 10.9 Å². The summed E-state index contributed by atoms with van der Waals surface area (Å²) in [5, 5.41) is 1.53. The molecule has 2 heterocycles. The second-order valence-corrected chi connectivity index (χ2v) is 3.90. The molecule has 0 atom stereocenters. The van der Waals surface area contributed by atoms with Crippen LogP contribution in [0.1, 0.15) is 10.5 Å². The summed E-state index contributed by atoms with van der Waals surface area (Å²) in [6.45, 7) is 0. The summed E-state index contributed by atoms with van der Waals surface area (Å²) in [7, 11) is 0. The lowest BCUT2D eigenvalue weighted by Crippen LogP contribution is -2.02. The van der Waals surface area contributed by atoms with Crippen LogP contribution in [0.5, 0.6) is 0 Å². The molecule has 2 rings (SSSR count). The third-order valence-electron chi connectivity index (χ3n) is 1.95. The van der Waals surface area contributed by atoms with E-state index in [4.69, 9.17) is 11.6 Å². The van der Waals surface area contributed by atoms with E-state index in [9.17, 15) is 4.79 Å². The summed E-state index contributed by atoms with van der Waals surface area (Å²) >= 11 is 8.85. The Morgan fingerprint density at radius 2 is 2.27 bits per heavy atom. The second-order valence-electron chi connectivity index (χ2n) is 2.95. The van der Waals surface area contributed by atoms with E-state index < -0.39 is 0 Å². The number of fused-ring (bicyclic) bond motifs is 1. The molecule has 0 saturated heterocycles. The highest BCUT2D eigenvalue weighted by atomic mass is 79.9. The number of hydrogen-bond donors (Lipinski definition) is 0. The van der Waals surface area contributed by atoms with Crippen molar-refractivity contribution in [1.82, 2.24) is 9.97 Å². The summed E-state index contributed by atoms with van der Waals surface area (Å²) in [6.07, 6.45) is 1.62. The van der Waals surface area contributed by atoms with Gasteiger partial charge in [0.1, 0.15) is 10.8 Å². The number of pyridine rings is 2. The Bertz CT molecular complexity index is 530. The number of ketones is 1. The second kappa shape index (κ2) is 4.24. The summed E-state index contributed by atoms with van der Waals surface area (Å²) < 4.78 is 0. The first-order valence-electron chi connectivity index (χ1n) is 4.22. The first-order valence-corrected chi connectivity index (χ1v) is 5.72. The molecule has 0 unspecified atom stereocenters. The van der Waals surface area contributed by atoms with Crippen molar-refractivity contribution >= 4 is 44.2 Å². The number of Topliss-reactive ketones (excluding diaryl/α,β-unsaturated/α-hetero) is 1. The van der Waals surface area contributed by atoms with Crippen molar-refractivity contribution in [3.63, 3.8) is 0 Å². The molecular weight excluding hydrogens is 279 g/mol. The van der Waals surface area contributed by atoms with Gasteiger partial charge in [-0.25, -0.2) is 4.98 Å². The highest BCUT2D eigenvalue weighted by molar-refractivity contribution is 9.09. The van der Waals surface area contributed by atoms with Gasteiger partial charge in [-0.05, 0) is 18.2 Å². The Balaban J connectivity index is 2.59. The predicted molar refractivity (Wildman–Crippen MR) is 62.7 cm³/mol. The number of alkyl halides is 1. The van der Waals surface area contributed by atoms with E-state index in [2.05, 4.69) is 25.9 Å². The van der Waals surface area contributed by atoms with Crippen LogP contribution >= 0.6 is 27.5 Å². The number of halogens is 2. The molecule has 0 aromatic carbocycles. The molecule has 76 valence electrons. The van der Waals surface area contributed by atoms with Crippen molar-refractivity contribution in [3.8, 4) is 0 Å². The molecular formula is C10H6BrClN2O. The zero-order chi connectivity index (χ0) is 10.8. The topological polar surface area (TPSA) is 42.9 Å². The van der Waals surface area contributed by atoms with Gasteiger partial charge in [0, 0.05) is 11.6 Å². The van der Waals surface area contributed by atoms with E-state index in [1.54, 1.807) is 18.3 Å². The van der Waals surface area contributed by atoms with Gasteiger partial charge in [-0.3, -0.25) is 9.78 Å². The fraction of sp³-hybridized carbons (Fsp3) is 0.100. The number of aromatic nitrogens is 2. The average molecular weight is 286 g/mol. The minimum absolute atomic E-state index is 0.0707. The lowest BCUT2D eigenvalue weighted by Gasteiger charge is -2.00. The molecule has 15 heavy (non-hydrogen) atoms. The zero-order valence-electron chi connectivity index (χ0n) is 7.58. The Kier molecular flexibility index (Phi) is 2.98. The molecule has 0 radical (unpaired) electrons. The molecule has 0 N–H and O–H groups in total. The molecule has 2 aromatic heterocycles. The van der Waals surface area contributed by atoms with E-state index >= 15 is 0 Å². The zero-order valence-corrected chi connectivity index (χ0v) is 9.92. The monoisotopic (exact) mass is 284 g/mol. The van der Waals surface area contributed by atoms with E-state index in [1.807, 2.05) is 6.07 Å². The van der Waals surface area contributed by atoms with Crippen LogP contribution in [-0.4, -0.2) is 21.1 Å². The first kappa shape index (κ1) is 10.5. The van der Waals surface area contributed by atoms with E-state index in [1.165, 1.54) is 0 Å². The van der Waals surface area contributed by atoms with Gasteiger partial charge in [0.25, 0.3) is 0 Å². The van der Waals surface area contributed by atoms with Gasteiger partial charge in [-0.15, -0.1) is 0 Å². The molecule has 0 aliphatic rings. The minimum atomic E-state index is -0.0707. The molecule has 5 heteroatoms. The quantitative estimate of drug-likeness (QED) is 0.484. The largest absolute Gasteiger partial charge is 0.291 e. The molecule has 3 nitrogen and oxygen atoms in total. The standard InChI is InChI=1S/C10H6BrClN2O/c11-4-9(15)8-3-7-6(5-13-8)1-2-10(12)14-7/h1-3,5H,4H2. The number of nitrogens with zero attached hydrogens (tertiary/aromatic N) is 2. The van der Waals surface area contributed by atoms with Gasteiger partial charge >= 0.3 is 0 Å². The smallest absolute Gasteiger partial charge is 0.191 e. The van der Waals surface area contributed by atoms with E-state index in [-0.39, 0.29) is 11.1 Å². The summed E-state index contributed by atoms with van der Waals surface area (Å²) in [4.78, 5) is 19.5. The molecule has 0 aliphatic heterocycles. The SMILES string of the molecule is O=C(CBr)c1cc2nc(Cl)ccc2cn1. The van der Waals surface area contributed by atoms with Crippen LogP contribution in [0.4, 0.5) is 0 Å². The predicted octanol–water partition coefficient (Wildman–Crippen LogP) is 2.86. The number of carbonyl (C=O) groups excluding carboxylic acids is 1. The maximum Gasteiger partial charge on any atom is 0.191 e. The van der Waals surface area contributed by atoms with Crippen molar-refractivity contribution in [2.24, 2.45) is 0 Å². The highest BCUT2D eigenvalue weighted by Crippen LogP contribution is 2.15. The summed E-state index contributed by atoms with van der Waals surface area (Å²) in [6, 6.07) is 5.16. The van der Waals surface area contributed by atoms with Gasteiger partial charge in [0.15, 0.2) is 5.78 Å². The van der Waals surface area contributed by atoms with Gasteiger partial charge in [-0.2, -0.15) is 0 Å². The molecule has 2 aromatic rings. The number of rotatable bonds is 2. The maximum absolute atomic E-state index is 11.4. The maximum atomic E-state index is 11.4. The third-order valence-corrected chi connectivity index (χ3v) is 2.67. The molecule has 0 fully saturated rings. The van der Waals surface area contributed by atoms with Crippen LogP contribution in [0.15, 0.2) is 24.4 Å². The van der Waals surface area contributed by atoms with Crippen LogP contribution in [0.3, 0.4) is 0 Å². The summed E-state index contributed by atoms with van der Waals surface area (Å²) in [5.74, 6) is -0.0707. The Labute approximate surface area is 99.6 Å². The Morgan fingerprint density at radius 3 is 3.00 bits per heavy atom. The molecule has 0 bridgehead atoms. The van der Waals surface area contributed by atoms with Gasteiger partial charge in [0.2, 0.25) is 0 Å². The van der Waals surface area contributed by atoms with Crippen LogP contribution < -0.4 is 0 Å². The lowest BCUT2D eigenvalue weighted by molar-refractivity contribution is 0.101. The molecule has 0 aliphatic carbocycles. The van der Waals surface area contributed by atoms with Crippen molar-refractivity contribution < 1.29 is 4.79 Å². The van der Waals surface area contributed by atoms with Gasteiger partial charge in [0.05, 0.1) is 10.8 Å². The van der Waals surface area contributed by atoms with Gasteiger partial charge < -0.3 is 0 Å². The molecule has 0 saturated carbocycles. The van der Waals surface area contributed by atoms with Crippen LogP contribution in [0, 0.1) is 0 Å². The van der Waals surface area contributed by atoms with Crippen molar-refractivity contribution in [3.05, 3.63) is 35.2 Å². The first-order chi connectivity index (χ1) is 7.20. The average Bonchev–Trinajstić information content (AvgIpc) is 2.27. The number of hydrogen-bond acceptors (Lipinski definition) is 3. The molecule has 0 amide bonds. The van der Waals surface area contributed by atoms with Gasteiger partial charge in [-0.1, -0.05) is 27.5 Å². The van der Waals surface area contributed by atoms with E-state index in [0.29, 0.717) is 16.4 Å².